The van der Waals surface area contributed by atoms with Crippen LogP contribution < -0.4 is 5.73 Å². The lowest BCUT2D eigenvalue weighted by molar-refractivity contribution is 0.492. The molecule has 1 atom stereocenters. The van der Waals surface area contributed by atoms with Gasteiger partial charge in [-0.3, -0.25) is 4.98 Å². The summed E-state index contributed by atoms with van der Waals surface area (Å²) in [5.41, 5.74) is 8.34. The van der Waals surface area contributed by atoms with Crippen molar-refractivity contribution < 1.29 is 8.78 Å². The molecule has 0 spiro atoms. The molecule has 0 saturated carbocycles. The third kappa shape index (κ3) is 3.61. The third-order valence-electron chi connectivity index (χ3n) is 3.28. The SMILES string of the molecule is CCc1ccc(CC(N)Cc2cccc(F)c2F)nc1. The Morgan fingerprint density at radius 2 is 1.95 bits per heavy atom. The second kappa shape index (κ2) is 6.57. The smallest absolute Gasteiger partial charge is 0.162 e. The van der Waals surface area contributed by atoms with Crippen molar-refractivity contribution in [2.75, 3.05) is 0 Å². The Balaban J connectivity index is 2.01. The van der Waals surface area contributed by atoms with Crippen LogP contribution >= 0.6 is 0 Å². The molecule has 0 radical (unpaired) electrons. The van der Waals surface area contributed by atoms with Gasteiger partial charge >= 0.3 is 0 Å². The van der Waals surface area contributed by atoms with E-state index in [9.17, 15) is 8.78 Å². The van der Waals surface area contributed by atoms with Crippen LogP contribution in [0.15, 0.2) is 36.5 Å². The van der Waals surface area contributed by atoms with E-state index in [2.05, 4.69) is 11.9 Å². The Bertz CT molecular complexity index is 567. The van der Waals surface area contributed by atoms with Gasteiger partial charge in [-0.05, 0) is 36.1 Å². The molecule has 0 amide bonds. The Kier molecular flexibility index (Phi) is 4.79. The summed E-state index contributed by atoms with van der Waals surface area (Å²) in [5, 5.41) is 0. The van der Waals surface area contributed by atoms with Crippen LogP contribution in [0.4, 0.5) is 8.78 Å². The van der Waals surface area contributed by atoms with Gasteiger partial charge in [-0.15, -0.1) is 0 Å². The summed E-state index contributed by atoms with van der Waals surface area (Å²) in [4.78, 5) is 4.32. The van der Waals surface area contributed by atoms with E-state index in [1.165, 1.54) is 11.6 Å². The summed E-state index contributed by atoms with van der Waals surface area (Å²) in [6.45, 7) is 2.06. The normalized spacial score (nSPS) is 12.4. The highest BCUT2D eigenvalue weighted by molar-refractivity contribution is 5.21. The number of hydrogen-bond donors (Lipinski definition) is 1. The van der Waals surface area contributed by atoms with E-state index in [0.717, 1.165) is 18.2 Å². The van der Waals surface area contributed by atoms with Gasteiger partial charge in [0.1, 0.15) is 0 Å². The maximum Gasteiger partial charge on any atom is 0.162 e. The number of nitrogens with two attached hydrogens (primary N) is 1. The van der Waals surface area contributed by atoms with Gasteiger partial charge in [-0.25, -0.2) is 8.78 Å². The summed E-state index contributed by atoms with van der Waals surface area (Å²) in [5.74, 6) is -1.64. The molecule has 1 unspecified atom stereocenters. The second-order valence-electron chi connectivity index (χ2n) is 4.89. The number of aryl methyl sites for hydroxylation is 1. The predicted molar refractivity (Wildman–Crippen MR) is 75.4 cm³/mol. The molecular formula is C16H18F2N2. The van der Waals surface area contributed by atoms with E-state index in [-0.39, 0.29) is 6.04 Å². The maximum atomic E-state index is 13.6. The van der Waals surface area contributed by atoms with Crippen LogP contribution in [0.5, 0.6) is 0 Å². The van der Waals surface area contributed by atoms with Crippen LogP contribution in [0.2, 0.25) is 0 Å². The molecule has 0 bridgehead atoms. The molecule has 0 aliphatic heterocycles. The van der Waals surface area contributed by atoms with E-state index in [4.69, 9.17) is 5.73 Å². The first-order valence-corrected chi connectivity index (χ1v) is 6.72. The summed E-state index contributed by atoms with van der Waals surface area (Å²) in [6, 6.07) is 7.82. The van der Waals surface area contributed by atoms with Gasteiger partial charge in [0.2, 0.25) is 0 Å². The van der Waals surface area contributed by atoms with Crippen molar-refractivity contribution in [3.05, 3.63) is 65.0 Å². The lowest BCUT2D eigenvalue weighted by atomic mass is 10.0. The molecule has 0 aliphatic carbocycles. The number of rotatable bonds is 5. The van der Waals surface area contributed by atoms with Crippen LogP contribution in [-0.2, 0) is 19.3 Å². The van der Waals surface area contributed by atoms with E-state index in [0.29, 0.717) is 18.4 Å². The van der Waals surface area contributed by atoms with Crippen LogP contribution in [0, 0.1) is 11.6 Å². The van der Waals surface area contributed by atoms with Crippen LogP contribution in [0.25, 0.3) is 0 Å². The van der Waals surface area contributed by atoms with Crippen molar-refractivity contribution in [2.45, 2.75) is 32.2 Å². The molecule has 20 heavy (non-hydrogen) atoms. The van der Waals surface area contributed by atoms with Gasteiger partial charge in [-0.2, -0.15) is 0 Å². The molecular weight excluding hydrogens is 258 g/mol. The molecule has 106 valence electrons. The topological polar surface area (TPSA) is 38.9 Å². The highest BCUT2D eigenvalue weighted by atomic mass is 19.2. The van der Waals surface area contributed by atoms with Crippen molar-refractivity contribution in [3.8, 4) is 0 Å². The lowest BCUT2D eigenvalue weighted by Crippen LogP contribution is -2.26. The first kappa shape index (κ1) is 14.6. The summed E-state index contributed by atoms with van der Waals surface area (Å²) >= 11 is 0. The number of aromatic nitrogens is 1. The molecule has 1 heterocycles. The lowest BCUT2D eigenvalue weighted by Gasteiger charge is -2.12. The Hall–Kier alpha value is -1.81. The Morgan fingerprint density at radius 3 is 2.60 bits per heavy atom. The number of nitrogens with zero attached hydrogens (tertiary/aromatic N) is 1. The van der Waals surface area contributed by atoms with Gasteiger partial charge in [-0.1, -0.05) is 25.1 Å². The average molecular weight is 276 g/mol. The van der Waals surface area contributed by atoms with Gasteiger partial charge in [0.15, 0.2) is 11.6 Å². The quantitative estimate of drug-likeness (QED) is 0.911. The van der Waals surface area contributed by atoms with Crippen molar-refractivity contribution in [2.24, 2.45) is 5.73 Å². The fourth-order valence-electron chi connectivity index (χ4n) is 2.11. The van der Waals surface area contributed by atoms with Crippen LogP contribution in [0.3, 0.4) is 0 Å². The van der Waals surface area contributed by atoms with Crippen LogP contribution in [0.1, 0.15) is 23.7 Å². The Morgan fingerprint density at radius 1 is 1.15 bits per heavy atom. The van der Waals surface area contributed by atoms with Crippen LogP contribution in [-0.4, -0.2) is 11.0 Å². The second-order valence-corrected chi connectivity index (χ2v) is 4.89. The van der Waals surface area contributed by atoms with E-state index < -0.39 is 11.6 Å². The average Bonchev–Trinajstić information content (AvgIpc) is 2.45. The van der Waals surface area contributed by atoms with Gasteiger partial charge < -0.3 is 5.73 Å². The highest BCUT2D eigenvalue weighted by Gasteiger charge is 2.12. The largest absolute Gasteiger partial charge is 0.327 e. The number of benzene rings is 1. The molecule has 0 aliphatic rings. The fourth-order valence-corrected chi connectivity index (χ4v) is 2.11. The standard InChI is InChI=1S/C16H18F2N2/c1-2-11-6-7-14(20-10-11)9-13(19)8-12-4-3-5-15(17)16(12)18/h3-7,10,13H,2,8-9,19H2,1H3. The molecule has 0 saturated heterocycles. The summed E-state index contributed by atoms with van der Waals surface area (Å²) in [7, 11) is 0. The molecule has 1 aromatic carbocycles. The minimum atomic E-state index is -0.833. The monoisotopic (exact) mass is 276 g/mol. The van der Waals surface area contributed by atoms with Crippen molar-refractivity contribution in [1.29, 1.82) is 0 Å². The zero-order valence-corrected chi connectivity index (χ0v) is 11.4. The molecule has 0 fully saturated rings. The van der Waals surface area contributed by atoms with Gasteiger partial charge in [0.25, 0.3) is 0 Å². The number of hydrogen-bond acceptors (Lipinski definition) is 2. The van der Waals surface area contributed by atoms with Gasteiger partial charge in [0, 0.05) is 24.4 Å². The highest BCUT2D eigenvalue weighted by Crippen LogP contribution is 2.14. The van der Waals surface area contributed by atoms with E-state index in [1.54, 1.807) is 6.07 Å². The molecule has 4 heteroatoms. The first-order chi connectivity index (χ1) is 9.60. The zero-order chi connectivity index (χ0) is 14.5. The van der Waals surface area contributed by atoms with E-state index in [1.807, 2.05) is 18.3 Å². The fraction of sp³-hybridized carbons (Fsp3) is 0.312. The third-order valence-corrected chi connectivity index (χ3v) is 3.28. The molecule has 2 rings (SSSR count). The maximum absolute atomic E-state index is 13.6. The molecule has 2 N–H and O–H groups in total. The molecule has 2 nitrogen and oxygen atoms in total. The van der Waals surface area contributed by atoms with Crippen molar-refractivity contribution in [3.63, 3.8) is 0 Å². The number of pyridine rings is 1. The van der Waals surface area contributed by atoms with E-state index >= 15 is 0 Å². The molecule has 2 aromatic rings. The minimum Gasteiger partial charge on any atom is -0.327 e. The Labute approximate surface area is 117 Å². The predicted octanol–water partition coefficient (Wildman–Crippen LogP) is 3.03. The minimum absolute atomic E-state index is 0.286. The first-order valence-electron chi connectivity index (χ1n) is 6.72. The summed E-state index contributed by atoms with van der Waals surface area (Å²) < 4.78 is 26.7. The number of halogens is 2. The van der Waals surface area contributed by atoms with Gasteiger partial charge in [0.05, 0.1) is 0 Å². The zero-order valence-electron chi connectivity index (χ0n) is 11.4. The summed E-state index contributed by atoms with van der Waals surface area (Å²) in [6.07, 6.45) is 3.60. The molecule has 1 aromatic heterocycles. The van der Waals surface area contributed by atoms with Crippen molar-refractivity contribution >= 4 is 0 Å². The van der Waals surface area contributed by atoms with Crippen molar-refractivity contribution in [1.82, 2.24) is 4.98 Å².